The van der Waals surface area contributed by atoms with E-state index in [1.54, 1.807) is 0 Å². The fourth-order valence-electron chi connectivity index (χ4n) is 4.29. The molecule has 1 heteroatoms. The lowest BCUT2D eigenvalue weighted by atomic mass is 9.63. The summed E-state index contributed by atoms with van der Waals surface area (Å²) in [6.07, 6.45) is 5.11. The number of hydrogen-bond acceptors (Lipinski definition) is 1. The molecule has 1 nitrogen and oxygen atoms in total. The molecule has 0 atom stereocenters. The van der Waals surface area contributed by atoms with Crippen molar-refractivity contribution in [3.63, 3.8) is 0 Å². The molecule has 0 unspecified atom stereocenters. The van der Waals surface area contributed by atoms with Crippen LogP contribution < -0.4 is 5.32 Å². The Labute approximate surface area is 125 Å². The Bertz CT molecular complexity index is 429. The monoisotopic (exact) mass is 273 g/mol. The molecule has 0 spiro atoms. The fraction of sp³-hybridized carbons (Fsp3) is 0.684. The highest BCUT2D eigenvalue weighted by atomic mass is 14.9. The zero-order valence-electron chi connectivity index (χ0n) is 13.9. The second kappa shape index (κ2) is 5.89. The van der Waals surface area contributed by atoms with Crippen molar-refractivity contribution in [3.8, 4) is 0 Å². The van der Waals surface area contributed by atoms with E-state index < -0.39 is 0 Å². The van der Waals surface area contributed by atoms with E-state index in [1.165, 1.54) is 30.4 Å². The maximum Gasteiger partial charge on any atom is 0.00773 e. The van der Waals surface area contributed by atoms with Crippen LogP contribution in [-0.2, 0) is 6.42 Å². The first-order chi connectivity index (χ1) is 9.27. The van der Waals surface area contributed by atoms with Crippen molar-refractivity contribution in [2.45, 2.75) is 66.3 Å². The molecule has 1 aromatic carbocycles. The predicted octanol–water partition coefficient (Wildman–Crippen LogP) is 4.73. The van der Waals surface area contributed by atoms with Crippen LogP contribution in [-0.4, -0.2) is 12.6 Å². The van der Waals surface area contributed by atoms with Crippen LogP contribution in [0.1, 0.15) is 58.1 Å². The van der Waals surface area contributed by atoms with Gasteiger partial charge in [-0.1, -0.05) is 52.0 Å². The van der Waals surface area contributed by atoms with Crippen molar-refractivity contribution in [1.29, 1.82) is 0 Å². The topological polar surface area (TPSA) is 12.0 Å². The normalized spacial score (nSPS) is 21.9. The van der Waals surface area contributed by atoms with Gasteiger partial charge in [-0.05, 0) is 61.1 Å². The van der Waals surface area contributed by atoms with Crippen LogP contribution in [0.2, 0.25) is 0 Å². The maximum absolute atomic E-state index is 3.81. The molecular weight excluding hydrogens is 242 g/mol. The molecule has 1 fully saturated rings. The molecule has 1 aromatic rings. The summed E-state index contributed by atoms with van der Waals surface area (Å²) in [5, 5.41) is 3.81. The van der Waals surface area contributed by atoms with Crippen molar-refractivity contribution in [1.82, 2.24) is 5.32 Å². The highest BCUT2D eigenvalue weighted by molar-refractivity contribution is 5.25. The fourth-order valence-corrected chi connectivity index (χ4v) is 4.29. The summed E-state index contributed by atoms with van der Waals surface area (Å²) in [7, 11) is 0. The maximum atomic E-state index is 3.81. The van der Waals surface area contributed by atoms with Gasteiger partial charge in [0.15, 0.2) is 0 Å². The minimum atomic E-state index is 0.474. The predicted molar refractivity (Wildman–Crippen MR) is 88.1 cm³/mol. The zero-order chi connectivity index (χ0) is 14.8. The molecule has 1 aliphatic carbocycles. The Morgan fingerprint density at radius 1 is 1.05 bits per heavy atom. The smallest absolute Gasteiger partial charge is 0.00773 e. The molecule has 1 aliphatic rings. The number of benzene rings is 1. The van der Waals surface area contributed by atoms with Gasteiger partial charge >= 0.3 is 0 Å². The van der Waals surface area contributed by atoms with Gasteiger partial charge in [0.1, 0.15) is 0 Å². The third-order valence-corrected chi connectivity index (χ3v) is 4.64. The first kappa shape index (κ1) is 15.6. The van der Waals surface area contributed by atoms with Gasteiger partial charge in [-0.25, -0.2) is 0 Å². The molecule has 0 radical (unpaired) electrons. The zero-order valence-corrected chi connectivity index (χ0v) is 13.9. The Morgan fingerprint density at radius 3 is 2.25 bits per heavy atom. The number of rotatable bonds is 4. The van der Waals surface area contributed by atoms with Gasteiger partial charge in [0.2, 0.25) is 0 Å². The van der Waals surface area contributed by atoms with Crippen molar-refractivity contribution in [3.05, 3.63) is 35.4 Å². The molecule has 20 heavy (non-hydrogen) atoms. The summed E-state index contributed by atoms with van der Waals surface area (Å²) in [5.74, 6) is 0. The van der Waals surface area contributed by atoms with E-state index in [2.05, 4.69) is 64.2 Å². The Morgan fingerprint density at radius 2 is 1.65 bits per heavy atom. The minimum absolute atomic E-state index is 0.474. The molecule has 1 saturated carbocycles. The second-order valence-corrected chi connectivity index (χ2v) is 8.24. The van der Waals surface area contributed by atoms with Crippen molar-refractivity contribution in [2.75, 3.05) is 6.54 Å². The second-order valence-electron chi connectivity index (χ2n) is 8.24. The SMILES string of the molecule is Cc1ccccc1CCNC1CC(C)(C)CC(C)(C)C1. The lowest BCUT2D eigenvalue weighted by Gasteiger charge is -2.45. The molecule has 2 rings (SSSR count). The van der Waals surface area contributed by atoms with Gasteiger partial charge in [-0.3, -0.25) is 0 Å². The highest BCUT2D eigenvalue weighted by Gasteiger charge is 2.37. The van der Waals surface area contributed by atoms with Gasteiger partial charge < -0.3 is 5.32 Å². The van der Waals surface area contributed by atoms with Crippen LogP contribution >= 0.6 is 0 Å². The first-order valence-corrected chi connectivity index (χ1v) is 8.05. The van der Waals surface area contributed by atoms with Crippen LogP contribution in [0.25, 0.3) is 0 Å². The molecule has 1 N–H and O–H groups in total. The van der Waals surface area contributed by atoms with Gasteiger partial charge in [0.25, 0.3) is 0 Å². The van der Waals surface area contributed by atoms with E-state index in [-0.39, 0.29) is 0 Å². The molecule has 0 saturated heterocycles. The van der Waals surface area contributed by atoms with Gasteiger partial charge in [-0.15, -0.1) is 0 Å². The molecule has 0 aliphatic heterocycles. The van der Waals surface area contributed by atoms with Crippen LogP contribution in [0.5, 0.6) is 0 Å². The van der Waals surface area contributed by atoms with Crippen LogP contribution in [0, 0.1) is 17.8 Å². The highest BCUT2D eigenvalue weighted by Crippen LogP contribution is 2.45. The molecule has 0 bridgehead atoms. The summed E-state index contributed by atoms with van der Waals surface area (Å²) in [6.45, 7) is 13.0. The summed E-state index contributed by atoms with van der Waals surface area (Å²) >= 11 is 0. The summed E-state index contributed by atoms with van der Waals surface area (Å²) in [4.78, 5) is 0. The third kappa shape index (κ3) is 4.34. The number of aryl methyl sites for hydroxylation is 1. The third-order valence-electron chi connectivity index (χ3n) is 4.64. The van der Waals surface area contributed by atoms with Crippen molar-refractivity contribution >= 4 is 0 Å². The van der Waals surface area contributed by atoms with Crippen molar-refractivity contribution < 1.29 is 0 Å². The van der Waals surface area contributed by atoms with Crippen LogP contribution in [0.3, 0.4) is 0 Å². The van der Waals surface area contributed by atoms with E-state index in [1.807, 2.05) is 0 Å². The van der Waals surface area contributed by atoms with Gasteiger partial charge in [0.05, 0.1) is 0 Å². The summed E-state index contributed by atoms with van der Waals surface area (Å²) < 4.78 is 0. The van der Waals surface area contributed by atoms with E-state index in [4.69, 9.17) is 0 Å². The minimum Gasteiger partial charge on any atom is -0.314 e. The first-order valence-electron chi connectivity index (χ1n) is 8.05. The summed E-state index contributed by atoms with van der Waals surface area (Å²) in [5.41, 5.74) is 3.84. The van der Waals surface area contributed by atoms with E-state index in [0.29, 0.717) is 16.9 Å². The van der Waals surface area contributed by atoms with E-state index in [9.17, 15) is 0 Å². The average molecular weight is 273 g/mol. The summed E-state index contributed by atoms with van der Waals surface area (Å²) in [6, 6.07) is 9.42. The van der Waals surface area contributed by atoms with Crippen molar-refractivity contribution in [2.24, 2.45) is 10.8 Å². The number of nitrogens with one attached hydrogen (secondary N) is 1. The number of hydrogen-bond donors (Lipinski definition) is 1. The molecule has 0 heterocycles. The largest absolute Gasteiger partial charge is 0.314 e. The van der Waals surface area contributed by atoms with Gasteiger partial charge in [0, 0.05) is 6.04 Å². The lowest BCUT2D eigenvalue weighted by molar-refractivity contribution is 0.0854. The Kier molecular flexibility index (Phi) is 4.59. The lowest BCUT2D eigenvalue weighted by Crippen LogP contribution is -2.44. The Balaban J connectivity index is 1.86. The van der Waals surface area contributed by atoms with Gasteiger partial charge in [-0.2, -0.15) is 0 Å². The quantitative estimate of drug-likeness (QED) is 0.836. The molecule has 0 aromatic heterocycles. The Hall–Kier alpha value is -0.820. The average Bonchev–Trinajstić information content (AvgIpc) is 2.27. The molecule has 112 valence electrons. The van der Waals surface area contributed by atoms with E-state index >= 15 is 0 Å². The molecular formula is C19H31N. The standard InChI is InChI=1S/C19H31N/c1-15-8-6-7-9-16(15)10-11-20-17-12-18(2,3)14-19(4,5)13-17/h6-9,17,20H,10-14H2,1-5H3. The van der Waals surface area contributed by atoms with E-state index in [0.717, 1.165) is 13.0 Å². The van der Waals surface area contributed by atoms with Crippen LogP contribution in [0.4, 0.5) is 0 Å². The molecule has 0 amide bonds. The van der Waals surface area contributed by atoms with Crippen LogP contribution in [0.15, 0.2) is 24.3 Å².